The molecule has 24 heavy (non-hydrogen) atoms. The van der Waals surface area contributed by atoms with Crippen LogP contribution in [-0.2, 0) is 17.8 Å². The number of hydrogen-bond acceptors (Lipinski definition) is 3. The topological polar surface area (TPSA) is 45.5 Å². The van der Waals surface area contributed by atoms with E-state index in [0.29, 0.717) is 56.6 Å². The molecule has 1 aliphatic heterocycles. The first-order valence-electron chi connectivity index (χ1n) is 8.16. The van der Waals surface area contributed by atoms with Gasteiger partial charge in [0.15, 0.2) is 0 Å². The number of hydrogen-bond donors (Lipinski definition) is 1. The Hall–Kier alpha value is -2.21. The van der Waals surface area contributed by atoms with E-state index in [0.717, 1.165) is 11.8 Å². The highest BCUT2D eigenvalue weighted by atomic mass is 19.1. The van der Waals surface area contributed by atoms with E-state index in [-0.39, 0.29) is 5.91 Å². The predicted octanol–water partition coefficient (Wildman–Crippen LogP) is 3.41. The number of fused-ring (bicyclic) bond motifs is 1. The second kappa shape index (κ2) is 7.57. The van der Waals surface area contributed by atoms with Crippen molar-refractivity contribution < 1.29 is 18.0 Å². The molecule has 6 heteroatoms. The zero-order valence-corrected chi connectivity index (χ0v) is 13.4. The molecule has 0 fully saturated rings. The number of carbonyl (C=O) groups excluding carboxylic acids is 1. The molecule has 0 unspecified atom stereocenters. The molecule has 1 amide bonds. The quantitative estimate of drug-likeness (QED) is 0.824. The average molecular weight is 334 g/mol. The monoisotopic (exact) mass is 334 g/mol. The van der Waals surface area contributed by atoms with Crippen LogP contribution in [0.3, 0.4) is 0 Å². The number of nitrogens with zero attached hydrogens (tertiary/aromatic N) is 1. The van der Waals surface area contributed by atoms with Crippen LogP contribution in [0.4, 0.5) is 14.5 Å². The van der Waals surface area contributed by atoms with Crippen molar-refractivity contribution in [3.05, 3.63) is 53.5 Å². The Morgan fingerprint density at radius 3 is 3.00 bits per heavy atom. The molecule has 1 aromatic carbocycles. The number of benzene rings is 1. The summed E-state index contributed by atoms with van der Waals surface area (Å²) in [6.45, 7) is 1.80. The van der Waals surface area contributed by atoms with Crippen molar-refractivity contribution in [2.24, 2.45) is 0 Å². The molecule has 1 N–H and O–H groups in total. The standard InChI is InChI=1S/C18H20F2N2O2/c19-13-10-16(20)15-5-2-8-22(17(15)11-13)18(23)6-1-7-21-12-14-4-3-9-24-14/h3-4,9-11,21H,1-2,5-8,12H2. The van der Waals surface area contributed by atoms with Crippen molar-refractivity contribution in [2.45, 2.75) is 32.2 Å². The van der Waals surface area contributed by atoms with E-state index in [2.05, 4.69) is 5.32 Å². The molecule has 1 aromatic heterocycles. The zero-order chi connectivity index (χ0) is 16.9. The smallest absolute Gasteiger partial charge is 0.227 e. The van der Waals surface area contributed by atoms with E-state index in [9.17, 15) is 13.6 Å². The van der Waals surface area contributed by atoms with Crippen LogP contribution in [0.25, 0.3) is 0 Å². The summed E-state index contributed by atoms with van der Waals surface area (Å²) >= 11 is 0. The third kappa shape index (κ3) is 3.82. The van der Waals surface area contributed by atoms with Gasteiger partial charge in [0, 0.05) is 24.6 Å². The molecule has 0 saturated heterocycles. The van der Waals surface area contributed by atoms with E-state index >= 15 is 0 Å². The molecule has 0 radical (unpaired) electrons. The number of carbonyl (C=O) groups is 1. The third-order valence-corrected chi connectivity index (χ3v) is 4.16. The maximum Gasteiger partial charge on any atom is 0.227 e. The third-order valence-electron chi connectivity index (χ3n) is 4.16. The summed E-state index contributed by atoms with van der Waals surface area (Å²) in [5.74, 6) is -0.466. The highest BCUT2D eigenvalue weighted by Crippen LogP contribution is 2.30. The number of furan rings is 1. The van der Waals surface area contributed by atoms with Crippen LogP contribution < -0.4 is 10.2 Å². The van der Waals surface area contributed by atoms with Crippen LogP contribution in [0.2, 0.25) is 0 Å². The van der Waals surface area contributed by atoms with Crippen molar-refractivity contribution >= 4 is 11.6 Å². The minimum absolute atomic E-state index is 0.0965. The van der Waals surface area contributed by atoms with Crippen molar-refractivity contribution in [1.82, 2.24) is 5.32 Å². The van der Waals surface area contributed by atoms with Gasteiger partial charge in [-0.25, -0.2) is 8.78 Å². The fraction of sp³-hybridized carbons (Fsp3) is 0.389. The number of rotatable bonds is 6. The summed E-state index contributed by atoms with van der Waals surface area (Å²) < 4.78 is 32.6. The molecule has 2 aromatic rings. The number of anilines is 1. The van der Waals surface area contributed by atoms with Crippen LogP contribution in [-0.4, -0.2) is 19.0 Å². The van der Waals surface area contributed by atoms with E-state index in [1.54, 1.807) is 6.26 Å². The Labute approximate surface area is 139 Å². The Morgan fingerprint density at radius 2 is 2.21 bits per heavy atom. The lowest BCUT2D eigenvalue weighted by Gasteiger charge is -2.30. The minimum atomic E-state index is -0.647. The van der Waals surface area contributed by atoms with Crippen LogP contribution >= 0.6 is 0 Å². The molecule has 0 aliphatic carbocycles. The van der Waals surface area contributed by atoms with Crippen molar-refractivity contribution in [3.63, 3.8) is 0 Å². The number of nitrogens with one attached hydrogen (secondary N) is 1. The molecule has 0 saturated carbocycles. The molecule has 0 bridgehead atoms. The van der Waals surface area contributed by atoms with Crippen LogP contribution in [0, 0.1) is 11.6 Å². The first-order valence-corrected chi connectivity index (χ1v) is 8.16. The normalized spacial score (nSPS) is 13.8. The summed E-state index contributed by atoms with van der Waals surface area (Å²) in [6.07, 6.45) is 3.84. The van der Waals surface area contributed by atoms with Gasteiger partial charge >= 0.3 is 0 Å². The fourth-order valence-electron chi connectivity index (χ4n) is 3.00. The van der Waals surface area contributed by atoms with Gasteiger partial charge in [0.05, 0.1) is 18.5 Å². The Bertz CT molecular complexity index is 701. The first kappa shape index (κ1) is 16.6. The number of halogens is 2. The summed E-state index contributed by atoms with van der Waals surface area (Å²) in [4.78, 5) is 13.9. The van der Waals surface area contributed by atoms with Gasteiger partial charge in [0.25, 0.3) is 0 Å². The van der Waals surface area contributed by atoms with Crippen molar-refractivity contribution in [3.8, 4) is 0 Å². The zero-order valence-electron chi connectivity index (χ0n) is 13.4. The lowest BCUT2D eigenvalue weighted by Crippen LogP contribution is -2.36. The van der Waals surface area contributed by atoms with Crippen LogP contribution in [0.5, 0.6) is 0 Å². The molecule has 0 atom stereocenters. The average Bonchev–Trinajstić information content (AvgIpc) is 3.07. The highest BCUT2D eigenvalue weighted by molar-refractivity contribution is 5.94. The van der Waals surface area contributed by atoms with Crippen LogP contribution in [0.15, 0.2) is 34.9 Å². The van der Waals surface area contributed by atoms with E-state index in [1.165, 1.54) is 11.0 Å². The predicted molar refractivity (Wildman–Crippen MR) is 86.7 cm³/mol. The lowest BCUT2D eigenvalue weighted by atomic mass is 10.0. The van der Waals surface area contributed by atoms with Gasteiger partial charge in [-0.2, -0.15) is 0 Å². The van der Waals surface area contributed by atoms with Gasteiger partial charge in [0.2, 0.25) is 5.91 Å². The highest BCUT2D eigenvalue weighted by Gasteiger charge is 2.25. The molecular weight excluding hydrogens is 314 g/mol. The van der Waals surface area contributed by atoms with Gasteiger partial charge in [-0.05, 0) is 44.0 Å². The number of amides is 1. The minimum Gasteiger partial charge on any atom is -0.468 e. The summed E-state index contributed by atoms with van der Waals surface area (Å²) in [5.41, 5.74) is 0.819. The molecule has 128 valence electrons. The van der Waals surface area contributed by atoms with Gasteiger partial charge < -0.3 is 14.6 Å². The second-order valence-corrected chi connectivity index (χ2v) is 5.89. The molecule has 0 spiro atoms. The fourth-order valence-corrected chi connectivity index (χ4v) is 3.00. The van der Waals surface area contributed by atoms with Crippen LogP contribution in [0.1, 0.15) is 30.6 Å². The van der Waals surface area contributed by atoms with Gasteiger partial charge in [-0.15, -0.1) is 0 Å². The maximum absolute atomic E-state index is 13.9. The van der Waals surface area contributed by atoms with Crippen molar-refractivity contribution in [1.29, 1.82) is 0 Å². The van der Waals surface area contributed by atoms with Gasteiger partial charge in [0.1, 0.15) is 17.4 Å². The SMILES string of the molecule is O=C(CCCNCc1ccco1)N1CCCc2c(F)cc(F)cc21. The summed E-state index contributed by atoms with van der Waals surface area (Å²) in [7, 11) is 0. The molecule has 1 aliphatic rings. The molecule has 3 rings (SSSR count). The molecule has 2 heterocycles. The Kier molecular flexibility index (Phi) is 5.25. The molecule has 4 nitrogen and oxygen atoms in total. The van der Waals surface area contributed by atoms with E-state index in [4.69, 9.17) is 4.42 Å². The summed E-state index contributed by atoms with van der Waals surface area (Å²) in [6, 6.07) is 5.84. The summed E-state index contributed by atoms with van der Waals surface area (Å²) in [5, 5.41) is 3.20. The largest absolute Gasteiger partial charge is 0.468 e. The van der Waals surface area contributed by atoms with Gasteiger partial charge in [-0.3, -0.25) is 4.79 Å². The molecular formula is C18H20F2N2O2. The van der Waals surface area contributed by atoms with E-state index < -0.39 is 11.6 Å². The van der Waals surface area contributed by atoms with Gasteiger partial charge in [-0.1, -0.05) is 0 Å². The lowest BCUT2D eigenvalue weighted by molar-refractivity contribution is -0.118. The maximum atomic E-state index is 13.9. The van der Waals surface area contributed by atoms with E-state index in [1.807, 2.05) is 12.1 Å². The van der Waals surface area contributed by atoms with Crippen molar-refractivity contribution in [2.75, 3.05) is 18.0 Å². The first-order chi connectivity index (χ1) is 11.6. The Morgan fingerprint density at radius 1 is 1.33 bits per heavy atom. The second-order valence-electron chi connectivity index (χ2n) is 5.89. The Balaban J connectivity index is 1.53.